The Morgan fingerprint density at radius 3 is 2.72 bits per heavy atom. The van der Waals surface area contributed by atoms with Crippen LogP contribution in [-0.2, 0) is 13.6 Å². The lowest BCUT2D eigenvalue weighted by molar-refractivity contribution is 0.216. The van der Waals surface area contributed by atoms with E-state index in [2.05, 4.69) is 22.4 Å². The van der Waals surface area contributed by atoms with Crippen LogP contribution in [0.25, 0.3) is 0 Å². The molecule has 0 radical (unpaired) electrons. The second-order valence-corrected chi connectivity index (χ2v) is 5.18. The van der Waals surface area contributed by atoms with E-state index in [9.17, 15) is 0 Å². The van der Waals surface area contributed by atoms with Crippen molar-refractivity contribution in [2.45, 2.75) is 19.4 Å². The Kier molecular flexibility index (Phi) is 4.60. The van der Waals surface area contributed by atoms with Gasteiger partial charge in [0, 0.05) is 19.7 Å². The largest absolute Gasteiger partial charge is 0.481 e. The van der Waals surface area contributed by atoms with Gasteiger partial charge in [-0.25, -0.2) is 4.68 Å². The minimum atomic E-state index is 0.811. The number of aromatic nitrogens is 2. The highest BCUT2D eigenvalue weighted by Gasteiger charge is 2.16. The van der Waals surface area contributed by atoms with Crippen LogP contribution in [0, 0.1) is 5.92 Å². The molecule has 1 fully saturated rings. The van der Waals surface area contributed by atoms with E-state index in [1.165, 1.54) is 25.9 Å². The van der Waals surface area contributed by atoms with Gasteiger partial charge >= 0.3 is 0 Å². The van der Waals surface area contributed by atoms with E-state index in [0.29, 0.717) is 0 Å². The van der Waals surface area contributed by atoms with Gasteiger partial charge in [-0.1, -0.05) is 0 Å². The lowest BCUT2D eigenvalue weighted by Gasteiger charge is -2.28. The summed E-state index contributed by atoms with van der Waals surface area (Å²) in [5.41, 5.74) is 1.04. The minimum Gasteiger partial charge on any atom is -0.481 e. The molecule has 2 rings (SSSR count). The lowest BCUT2D eigenvalue weighted by atomic mass is 9.97. The molecule has 2 heterocycles. The van der Waals surface area contributed by atoms with Crippen LogP contribution < -0.4 is 10.1 Å². The predicted molar refractivity (Wildman–Crippen MR) is 71.7 cm³/mol. The third-order valence-corrected chi connectivity index (χ3v) is 3.67. The molecule has 0 unspecified atom stereocenters. The van der Waals surface area contributed by atoms with Gasteiger partial charge in [0.25, 0.3) is 0 Å². The summed E-state index contributed by atoms with van der Waals surface area (Å²) in [7, 11) is 5.77. The highest BCUT2D eigenvalue weighted by molar-refractivity contribution is 5.15. The van der Waals surface area contributed by atoms with E-state index < -0.39 is 0 Å². The Hall–Kier alpha value is -1.07. The molecule has 0 atom stereocenters. The number of rotatable bonds is 5. The molecule has 5 heteroatoms. The molecule has 1 aliphatic heterocycles. The van der Waals surface area contributed by atoms with Gasteiger partial charge in [0.15, 0.2) is 0 Å². The zero-order valence-corrected chi connectivity index (χ0v) is 11.6. The molecule has 1 N–H and O–H groups in total. The van der Waals surface area contributed by atoms with Crippen molar-refractivity contribution in [1.29, 1.82) is 0 Å². The van der Waals surface area contributed by atoms with Crippen molar-refractivity contribution in [1.82, 2.24) is 20.0 Å². The van der Waals surface area contributed by atoms with Gasteiger partial charge in [-0.05, 0) is 45.4 Å². The van der Waals surface area contributed by atoms with Crippen molar-refractivity contribution < 1.29 is 4.74 Å². The van der Waals surface area contributed by atoms with E-state index in [1.807, 2.05) is 13.1 Å². The fourth-order valence-corrected chi connectivity index (χ4v) is 2.45. The number of nitrogens with one attached hydrogen (secondary N) is 1. The van der Waals surface area contributed by atoms with Crippen molar-refractivity contribution in [3.05, 3.63) is 11.8 Å². The van der Waals surface area contributed by atoms with Crippen LogP contribution in [0.15, 0.2) is 6.07 Å². The lowest BCUT2D eigenvalue weighted by Crippen LogP contribution is -2.34. The van der Waals surface area contributed by atoms with Crippen LogP contribution in [-0.4, -0.2) is 48.5 Å². The van der Waals surface area contributed by atoms with Gasteiger partial charge in [0.1, 0.15) is 0 Å². The second-order valence-electron chi connectivity index (χ2n) is 5.18. The summed E-state index contributed by atoms with van der Waals surface area (Å²) in [6.45, 7) is 4.36. The molecular formula is C13H24N4O. The number of ether oxygens (including phenoxy) is 1. The average molecular weight is 252 g/mol. The topological polar surface area (TPSA) is 42.3 Å². The normalized spacial score (nSPS) is 18.2. The Morgan fingerprint density at radius 1 is 1.39 bits per heavy atom. The van der Waals surface area contributed by atoms with E-state index in [-0.39, 0.29) is 0 Å². The summed E-state index contributed by atoms with van der Waals surface area (Å²) in [5, 5.41) is 7.90. The summed E-state index contributed by atoms with van der Waals surface area (Å²) >= 11 is 0. The molecule has 0 aromatic carbocycles. The highest BCUT2D eigenvalue weighted by atomic mass is 16.5. The van der Waals surface area contributed by atoms with Crippen LogP contribution in [0.1, 0.15) is 18.5 Å². The van der Waals surface area contributed by atoms with Crippen LogP contribution in [0.3, 0.4) is 0 Å². The summed E-state index contributed by atoms with van der Waals surface area (Å²) in [6, 6.07) is 1.99. The minimum absolute atomic E-state index is 0.811. The molecule has 18 heavy (non-hydrogen) atoms. The first-order chi connectivity index (χ1) is 8.69. The van der Waals surface area contributed by atoms with Gasteiger partial charge in [-0.2, -0.15) is 5.10 Å². The first-order valence-corrected chi connectivity index (χ1v) is 6.65. The van der Waals surface area contributed by atoms with Crippen molar-refractivity contribution in [3.63, 3.8) is 0 Å². The van der Waals surface area contributed by atoms with Crippen LogP contribution in [0.4, 0.5) is 0 Å². The predicted octanol–water partition coefficient (Wildman–Crippen LogP) is 0.860. The molecule has 1 saturated heterocycles. The summed E-state index contributed by atoms with van der Waals surface area (Å²) in [6.07, 6.45) is 2.60. The highest BCUT2D eigenvalue weighted by Crippen LogP contribution is 2.15. The number of likely N-dealkylation sites (tertiary alicyclic amines) is 1. The number of piperidine rings is 1. The number of aryl methyl sites for hydroxylation is 1. The van der Waals surface area contributed by atoms with E-state index >= 15 is 0 Å². The fraction of sp³-hybridized carbons (Fsp3) is 0.769. The van der Waals surface area contributed by atoms with Gasteiger partial charge < -0.3 is 15.0 Å². The number of methoxy groups -OCH3 is 1. The van der Waals surface area contributed by atoms with E-state index in [4.69, 9.17) is 4.74 Å². The van der Waals surface area contributed by atoms with Crippen molar-refractivity contribution in [2.24, 2.45) is 13.0 Å². The maximum Gasteiger partial charge on any atom is 0.211 e. The van der Waals surface area contributed by atoms with Crippen LogP contribution in [0.2, 0.25) is 0 Å². The molecule has 0 aliphatic carbocycles. The Balaban J connectivity index is 1.71. The third-order valence-electron chi connectivity index (χ3n) is 3.67. The maximum absolute atomic E-state index is 5.20. The standard InChI is InChI=1S/C13H24N4O/c1-16-6-4-11(5-7-16)9-14-10-12-8-13(18-3)17(2)15-12/h8,11,14H,4-7,9-10H2,1-3H3. The number of hydrogen-bond donors (Lipinski definition) is 1. The Bertz CT molecular complexity index is 369. The SMILES string of the molecule is COc1cc(CNCC2CCN(C)CC2)nn1C. The van der Waals surface area contributed by atoms with E-state index in [1.54, 1.807) is 11.8 Å². The molecule has 0 amide bonds. The number of hydrogen-bond acceptors (Lipinski definition) is 4. The van der Waals surface area contributed by atoms with Gasteiger partial charge in [-0.15, -0.1) is 0 Å². The van der Waals surface area contributed by atoms with Crippen molar-refractivity contribution in [3.8, 4) is 5.88 Å². The summed E-state index contributed by atoms with van der Waals surface area (Å²) < 4.78 is 6.97. The molecular weight excluding hydrogens is 228 g/mol. The molecule has 0 spiro atoms. The molecule has 0 bridgehead atoms. The molecule has 1 aromatic rings. The molecule has 1 aliphatic rings. The molecule has 1 aromatic heterocycles. The van der Waals surface area contributed by atoms with Crippen LogP contribution >= 0.6 is 0 Å². The smallest absolute Gasteiger partial charge is 0.211 e. The molecule has 0 saturated carbocycles. The van der Waals surface area contributed by atoms with E-state index in [0.717, 1.165) is 30.6 Å². The zero-order valence-electron chi connectivity index (χ0n) is 11.6. The Labute approximate surface area is 109 Å². The fourth-order valence-electron chi connectivity index (χ4n) is 2.45. The zero-order chi connectivity index (χ0) is 13.0. The Morgan fingerprint density at radius 2 is 2.11 bits per heavy atom. The summed E-state index contributed by atoms with van der Waals surface area (Å²) in [4.78, 5) is 2.40. The van der Waals surface area contributed by atoms with Gasteiger partial charge in [-0.3, -0.25) is 0 Å². The number of nitrogens with zero attached hydrogens (tertiary/aromatic N) is 3. The average Bonchev–Trinajstić information content (AvgIpc) is 2.72. The monoisotopic (exact) mass is 252 g/mol. The molecule has 102 valence electrons. The van der Waals surface area contributed by atoms with Gasteiger partial charge in [0.05, 0.1) is 12.8 Å². The van der Waals surface area contributed by atoms with Crippen molar-refractivity contribution in [2.75, 3.05) is 33.8 Å². The first kappa shape index (κ1) is 13.4. The summed E-state index contributed by atoms with van der Waals surface area (Å²) in [5.74, 6) is 1.62. The second kappa shape index (κ2) is 6.20. The quantitative estimate of drug-likeness (QED) is 0.844. The van der Waals surface area contributed by atoms with Gasteiger partial charge in [0.2, 0.25) is 5.88 Å². The van der Waals surface area contributed by atoms with Crippen LogP contribution in [0.5, 0.6) is 5.88 Å². The first-order valence-electron chi connectivity index (χ1n) is 6.65. The van der Waals surface area contributed by atoms with Crippen molar-refractivity contribution >= 4 is 0 Å². The molecule has 5 nitrogen and oxygen atoms in total. The maximum atomic E-state index is 5.20. The third kappa shape index (κ3) is 3.46.